The minimum Gasteiger partial charge on any atom is -0.494 e. The van der Waals surface area contributed by atoms with E-state index in [0.717, 1.165) is 0 Å². The van der Waals surface area contributed by atoms with Crippen molar-refractivity contribution in [3.8, 4) is 17.0 Å². The van der Waals surface area contributed by atoms with Crippen LogP contribution in [0.1, 0.15) is 21.0 Å². The number of hydrogen-bond acceptors (Lipinski definition) is 6. The molecule has 12 nitrogen and oxygen atoms in total. The third-order valence-electron chi connectivity index (χ3n) is 6.92. The zero-order valence-electron chi connectivity index (χ0n) is 23.9. The Hall–Kier alpha value is -4.56. The first-order valence-electron chi connectivity index (χ1n) is 13.0. The number of quaternary nitrogens is 1. The van der Waals surface area contributed by atoms with E-state index in [1.54, 1.807) is 19.0 Å². The number of methoxy groups -OCH3 is 1. The number of nitrogens with two attached hydrogens (primary N) is 1. The van der Waals surface area contributed by atoms with Gasteiger partial charge in [-0.1, -0.05) is 11.6 Å². The van der Waals surface area contributed by atoms with Gasteiger partial charge in [0.1, 0.15) is 0 Å². The second-order valence-electron chi connectivity index (χ2n) is 10.8. The van der Waals surface area contributed by atoms with Crippen LogP contribution in [0.15, 0.2) is 36.5 Å². The molecule has 1 aromatic heterocycles. The first kappa shape index (κ1) is 31.4. The van der Waals surface area contributed by atoms with E-state index in [1.165, 1.54) is 55.3 Å². The van der Waals surface area contributed by atoms with Crippen molar-refractivity contribution in [1.82, 2.24) is 19.8 Å². The molecule has 0 atom stereocenters. The number of benzene rings is 2. The molecule has 15 heteroatoms. The van der Waals surface area contributed by atoms with E-state index in [9.17, 15) is 28.0 Å². The van der Waals surface area contributed by atoms with Gasteiger partial charge in [0.2, 0.25) is 5.82 Å². The van der Waals surface area contributed by atoms with Gasteiger partial charge in [-0.3, -0.25) is 19.2 Å². The van der Waals surface area contributed by atoms with Crippen LogP contribution < -0.4 is 21.1 Å². The summed E-state index contributed by atoms with van der Waals surface area (Å²) in [5, 5.41) is 5.52. The molecule has 43 heavy (non-hydrogen) atoms. The largest absolute Gasteiger partial charge is 0.494 e. The molecule has 4 rings (SSSR count). The maximum atomic E-state index is 14.6. The van der Waals surface area contributed by atoms with Gasteiger partial charge >= 0.3 is 0 Å². The summed E-state index contributed by atoms with van der Waals surface area (Å²) >= 11 is 6.34. The fourth-order valence-corrected chi connectivity index (χ4v) is 4.97. The quantitative estimate of drug-likeness (QED) is 0.295. The Labute approximate surface area is 250 Å². The van der Waals surface area contributed by atoms with E-state index in [4.69, 9.17) is 22.1 Å². The molecule has 2 aromatic carbocycles. The number of hydrogen-bond donors (Lipinski definition) is 3. The van der Waals surface area contributed by atoms with E-state index < -0.39 is 29.4 Å². The van der Waals surface area contributed by atoms with Gasteiger partial charge in [-0.25, -0.2) is 9.37 Å². The van der Waals surface area contributed by atoms with Gasteiger partial charge in [-0.05, 0) is 30.3 Å². The number of rotatable bonds is 10. The Morgan fingerprint density at radius 1 is 1.09 bits per heavy atom. The third kappa shape index (κ3) is 6.92. The van der Waals surface area contributed by atoms with Gasteiger partial charge in [0.25, 0.3) is 23.6 Å². The lowest BCUT2D eigenvalue weighted by Gasteiger charge is -2.41. The average Bonchev–Trinajstić information content (AvgIpc) is 3.27. The summed E-state index contributed by atoms with van der Waals surface area (Å²) in [4.78, 5) is 55.1. The smallest absolute Gasteiger partial charge is 0.291 e. The molecule has 2 heterocycles. The molecule has 1 aliphatic heterocycles. The fraction of sp³-hybridized carbons (Fsp3) is 0.321. The summed E-state index contributed by atoms with van der Waals surface area (Å²) in [7, 11) is 6.17. The minimum absolute atomic E-state index is 0.0301. The van der Waals surface area contributed by atoms with E-state index in [1.807, 2.05) is 0 Å². The van der Waals surface area contributed by atoms with Crippen molar-refractivity contribution >= 4 is 40.9 Å². The molecule has 1 saturated heterocycles. The molecule has 0 radical (unpaired) electrons. The highest BCUT2D eigenvalue weighted by molar-refractivity contribution is 6.34. The molecule has 1 aliphatic rings. The summed E-state index contributed by atoms with van der Waals surface area (Å²) in [6.07, 6.45) is 1.25. The van der Waals surface area contributed by atoms with Gasteiger partial charge in [0.05, 0.1) is 49.7 Å². The first-order valence-corrected chi connectivity index (χ1v) is 13.4. The van der Waals surface area contributed by atoms with Crippen LogP contribution >= 0.6 is 11.6 Å². The normalized spacial score (nSPS) is 13.3. The topological polar surface area (TPSA) is 149 Å². The molecule has 4 N–H and O–H groups in total. The molecule has 1 fully saturated rings. The monoisotopic (exact) mass is 618 g/mol. The second kappa shape index (κ2) is 12.4. The van der Waals surface area contributed by atoms with E-state index in [-0.39, 0.29) is 68.6 Å². The molecule has 4 amide bonds. The van der Waals surface area contributed by atoms with Crippen LogP contribution in [0.2, 0.25) is 5.02 Å². The lowest BCUT2D eigenvalue weighted by atomic mass is 10.1. The maximum absolute atomic E-state index is 14.6. The Morgan fingerprint density at radius 2 is 1.79 bits per heavy atom. The van der Waals surface area contributed by atoms with Gasteiger partial charge in [-0.15, -0.1) is 0 Å². The summed E-state index contributed by atoms with van der Waals surface area (Å²) in [6, 6.07) is 6.64. The number of imidazole rings is 1. The molecule has 0 spiro atoms. The third-order valence-corrected chi connectivity index (χ3v) is 7.23. The molecule has 0 unspecified atom stereocenters. The maximum Gasteiger partial charge on any atom is 0.291 e. The number of primary amides is 1. The lowest BCUT2D eigenvalue weighted by Crippen LogP contribution is -2.63. The van der Waals surface area contributed by atoms with Crippen molar-refractivity contribution in [2.45, 2.75) is 6.04 Å². The van der Waals surface area contributed by atoms with Gasteiger partial charge in [0, 0.05) is 31.4 Å². The number of halogens is 3. The van der Waals surface area contributed by atoms with E-state index in [0.29, 0.717) is 13.1 Å². The number of nitrogens with one attached hydrogen (secondary N) is 2. The van der Waals surface area contributed by atoms with Crippen LogP contribution in [0.25, 0.3) is 11.3 Å². The predicted molar refractivity (Wildman–Crippen MR) is 153 cm³/mol. The second-order valence-corrected chi connectivity index (χ2v) is 11.2. The molecule has 0 aliphatic carbocycles. The van der Waals surface area contributed by atoms with E-state index >= 15 is 0 Å². The van der Waals surface area contributed by atoms with Crippen molar-refractivity contribution in [3.05, 3.63) is 64.6 Å². The number of likely N-dealkylation sites (tertiary alicyclic amines) is 1. The standard InChI is InChI=1S/C28H30ClF2N7O5/c1-36-20(18-7-8-21(43-4)25(31)24(18)30)10-33-26(36)28(42)34-15-5-6-17(19(29)9-15)27(41)35-16-11-37(12-16)23(40)14-38(2,3)13-22(32)39/h5-10,16H,11-14H2,1-4H3,(H3-,32,34,35,39,41,42)/p+1. The lowest BCUT2D eigenvalue weighted by molar-refractivity contribution is -0.874. The van der Waals surface area contributed by atoms with Crippen LogP contribution in [0.3, 0.4) is 0 Å². The van der Waals surface area contributed by atoms with Crippen LogP contribution in [0, 0.1) is 11.6 Å². The number of carbonyl (C=O) groups excluding carboxylic acids is 4. The van der Waals surface area contributed by atoms with Crippen molar-refractivity contribution in [2.75, 3.05) is 52.7 Å². The van der Waals surface area contributed by atoms with E-state index in [2.05, 4.69) is 15.6 Å². The molecule has 228 valence electrons. The number of aromatic nitrogens is 2. The van der Waals surface area contributed by atoms with Crippen molar-refractivity contribution in [3.63, 3.8) is 0 Å². The van der Waals surface area contributed by atoms with Gasteiger partial charge in [-0.2, -0.15) is 4.39 Å². The van der Waals surface area contributed by atoms with Crippen molar-refractivity contribution < 1.29 is 37.2 Å². The van der Waals surface area contributed by atoms with Crippen molar-refractivity contribution in [2.24, 2.45) is 12.8 Å². The number of likely N-dealkylation sites (N-methyl/N-ethyl adjacent to an activating group) is 1. The van der Waals surface area contributed by atoms with Gasteiger partial charge < -0.3 is 35.1 Å². The molecule has 3 aromatic rings. The minimum atomic E-state index is -1.16. The number of ether oxygens (including phenoxy) is 1. The zero-order chi connectivity index (χ0) is 31.6. The number of anilines is 1. The molecular formula is C28H31ClF2N7O5+. The van der Waals surface area contributed by atoms with Crippen LogP contribution in [0.4, 0.5) is 14.5 Å². The Balaban J connectivity index is 1.35. The average molecular weight is 619 g/mol. The van der Waals surface area contributed by atoms with Crippen LogP contribution in [-0.4, -0.2) is 96.0 Å². The highest BCUT2D eigenvalue weighted by Gasteiger charge is 2.35. The Bertz CT molecular complexity index is 1600. The van der Waals surface area contributed by atoms with Crippen molar-refractivity contribution in [1.29, 1.82) is 0 Å². The summed E-state index contributed by atoms with van der Waals surface area (Å²) in [6.45, 7) is 0.749. The SMILES string of the molecule is COc1ccc(-c2cnc(C(=O)Nc3ccc(C(=O)NC4CN(C(=O)C[N+](C)(C)CC(N)=O)C4)c(Cl)c3)n2C)c(F)c1F. The summed E-state index contributed by atoms with van der Waals surface area (Å²) in [5.74, 6) is -4.38. The Kier molecular flexibility index (Phi) is 9.01. The fourth-order valence-electron chi connectivity index (χ4n) is 4.70. The summed E-state index contributed by atoms with van der Waals surface area (Å²) in [5.41, 5.74) is 5.74. The van der Waals surface area contributed by atoms with Crippen LogP contribution in [-0.2, 0) is 16.6 Å². The number of amides is 4. The molecule has 0 bridgehead atoms. The summed E-state index contributed by atoms with van der Waals surface area (Å²) < 4.78 is 35.0. The Morgan fingerprint density at radius 3 is 2.42 bits per heavy atom. The zero-order valence-corrected chi connectivity index (χ0v) is 24.7. The molecular weight excluding hydrogens is 588 g/mol. The molecule has 0 saturated carbocycles. The number of carbonyl (C=O) groups is 4. The predicted octanol–water partition coefficient (Wildman–Crippen LogP) is 1.78. The highest BCUT2D eigenvalue weighted by Crippen LogP contribution is 2.30. The first-order chi connectivity index (χ1) is 20.2. The van der Waals surface area contributed by atoms with Crippen LogP contribution in [0.5, 0.6) is 5.75 Å². The number of nitrogens with zero attached hydrogens (tertiary/aromatic N) is 4. The van der Waals surface area contributed by atoms with Gasteiger partial charge in [0.15, 0.2) is 30.5 Å². The highest BCUT2D eigenvalue weighted by atomic mass is 35.5.